The second kappa shape index (κ2) is 7.45. The molecule has 0 saturated heterocycles. The third-order valence-corrected chi connectivity index (χ3v) is 6.14. The maximum atomic E-state index is 13.6. The molecule has 0 bridgehead atoms. The molecule has 30 heavy (non-hydrogen) atoms. The predicted molar refractivity (Wildman–Crippen MR) is 119 cm³/mol. The molecule has 1 aliphatic carbocycles. The number of fused-ring (bicyclic) bond motifs is 2. The number of carbonyl (C=O) groups is 2. The topological polar surface area (TPSA) is 42.3 Å². The van der Waals surface area contributed by atoms with E-state index >= 15 is 0 Å². The van der Waals surface area contributed by atoms with Gasteiger partial charge < -0.3 is 9.47 Å². The van der Waals surface area contributed by atoms with E-state index in [1.807, 2.05) is 54.3 Å². The molecule has 2 aromatic carbocycles. The number of hydrogen-bond acceptors (Lipinski definition) is 2. The molecule has 0 N–H and O–H groups in total. The minimum absolute atomic E-state index is 0.000417. The van der Waals surface area contributed by atoms with Crippen LogP contribution in [0.2, 0.25) is 0 Å². The third kappa shape index (κ3) is 3.28. The van der Waals surface area contributed by atoms with Gasteiger partial charge in [0.05, 0.1) is 6.54 Å². The minimum atomic E-state index is 0.000417. The number of nitrogens with zero attached hydrogens (tertiary/aromatic N) is 2. The second-order valence-corrected chi connectivity index (χ2v) is 8.17. The average molecular weight is 396 g/mol. The monoisotopic (exact) mass is 396 g/mol. The van der Waals surface area contributed by atoms with E-state index in [0.717, 1.165) is 53.0 Å². The number of anilines is 1. The van der Waals surface area contributed by atoms with Gasteiger partial charge in [-0.1, -0.05) is 24.3 Å². The highest BCUT2D eigenvalue weighted by Gasteiger charge is 2.25. The van der Waals surface area contributed by atoms with Gasteiger partial charge in [-0.3, -0.25) is 9.59 Å². The Morgan fingerprint density at radius 3 is 2.67 bits per heavy atom. The standard InChI is InChI=1S/C26H24N2O2/c1-18-14-20(11-12-24(18)19-7-4-9-23(29)15-19)26(30)28-17-22-8-5-13-27(22)16-21-6-2-3-10-25(21)28/h2-3,5-6,8,10-15H,4,7,9,16-17H2,1H3. The second-order valence-electron chi connectivity index (χ2n) is 8.17. The molecule has 4 nitrogen and oxygen atoms in total. The summed E-state index contributed by atoms with van der Waals surface area (Å²) in [5.41, 5.74) is 7.10. The van der Waals surface area contributed by atoms with Crippen LogP contribution in [0.4, 0.5) is 5.69 Å². The van der Waals surface area contributed by atoms with Crippen LogP contribution in [0.3, 0.4) is 0 Å². The fraction of sp³-hybridized carbons (Fsp3) is 0.231. The minimum Gasteiger partial charge on any atom is -0.345 e. The van der Waals surface area contributed by atoms with Crippen molar-refractivity contribution in [2.45, 2.75) is 39.3 Å². The maximum absolute atomic E-state index is 13.6. The van der Waals surface area contributed by atoms with Gasteiger partial charge in [-0.15, -0.1) is 0 Å². The lowest BCUT2D eigenvalue weighted by Crippen LogP contribution is -2.30. The molecule has 0 saturated carbocycles. The van der Waals surface area contributed by atoms with Crippen molar-refractivity contribution in [3.63, 3.8) is 0 Å². The number of aromatic nitrogens is 1. The summed E-state index contributed by atoms with van der Waals surface area (Å²) < 4.78 is 2.20. The lowest BCUT2D eigenvalue weighted by Gasteiger charge is -2.23. The Labute approximate surface area is 176 Å². The average Bonchev–Trinajstić information content (AvgIpc) is 3.12. The van der Waals surface area contributed by atoms with Gasteiger partial charge >= 0.3 is 0 Å². The van der Waals surface area contributed by atoms with Crippen LogP contribution in [-0.2, 0) is 17.9 Å². The molecular weight excluding hydrogens is 372 g/mol. The van der Waals surface area contributed by atoms with Crippen LogP contribution in [0.1, 0.15) is 52.0 Å². The van der Waals surface area contributed by atoms with Gasteiger partial charge in [-0.05, 0) is 78.4 Å². The van der Waals surface area contributed by atoms with Crippen LogP contribution in [0.15, 0.2) is 66.9 Å². The molecule has 0 radical (unpaired) electrons. The van der Waals surface area contributed by atoms with Gasteiger partial charge in [0, 0.05) is 36.1 Å². The molecule has 2 aliphatic rings. The van der Waals surface area contributed by atoms with E-state index in [2.05, 4.69) is 22.9 Å². The number of ketones is 1. The van der Waals surface area contributed by atoms with Gasteiger partial charge in [0.2, 0.25) is 0 Å². The van der Waals surface area contributed by atoms with Crippen molar-refractivity contribution in [2.24, 2.45) is 0 Å². The van der Waals surface area contributed by atoms with Crippen LogP contribution in [0, 0.1) is 6.92 Å². The summed E-state index contributed by atoms with van der Waals surface area (Å²) in [6.07, 6.45) is 6.28. The smallest absolute Gasteiger partial charge is 0.258 e. The quantitative estimate of drug-likeness (QED) is 0.602. The number of aryl methyl sites for hydroxylation is 1. The Kier molecular flexibility index (Phi) is 4.62. The summed E-state index contributed by atoms with van der Waals surface area (Å²) in [6, 6.07) is 18.1. The third-order valence-electron chi connectivity index (χ3n) is 6.14. The first-order valence-corrected chi connectivity index (χ1v) is 10.5. The summed E-state index contributed by atoms with van der Waals surface area (Å²) in [7, 11) is 0. The van der Waals surface area contributed by atoms with Crippen molar-refractivity contribution in [1.82, 2.24) is 4.57 Å². The van der Waals surface area contributed by atoms with Crippen molar-refractivity contribution in [2.75, 3.05) is 4.90 Å². The van der Waals surface area contributed by atoms with E-state index in [9.17, 15) is 9.59 Å². The number of amides is 1. The first-order chi connectivity index (χ1) is 14.6. The van der Waals surface area contributed by atoms with Gasteiger partial charge in [-0.25, -0.2) is 0 Å². The summed E-state index contributed by atoms with van der Waals surface area (Å²) >= 11 is 0. The Hall–Kier alpha value is -3.40. The van der Waals surface area contributed by atoms with Crippen LogP contribution in [0.5, 0.6) is 0 Å². The Bertz CT molecular complexity index is 1190. The largest absolute Gasteiger partial charge is 0.345 e. The van der Waals surface area contributed by atoms with Crippen molar-refractivity contribution < 1.29 is 9.59 Å². The lowest BCUT2D eigenvalue weighted by atomic mass is 9.90. The van der Waals surface area contributed by atoms with E-state index in [-0.39, 0.29) is 11.7 Å². The molecule has 1 aromatic heterocycles. The summed E-state index contributed by atoms with van der Waals surface area (Å²) in [4.78, 5) is 27.3. The number of para-hydroxylation sites is 1. The van der Waals surface area contributed by atoms with Crippen molar-refractivity contribution in [1.29, 1.82) is 0 Å². The van der Waals surface area contributed by atoms with Crippen LogP contribution in [-0.4, -0.2) is 16.3 Å². The van der Waals surface area contributed by atoms with Gasteiger partial charge in [0.1, 0.15) is 0 Å². The molecule has 0 atom stereocenters. The maximum Gasteiger partial charge on any atom is 0.258 e. The van der Waals surface area contributed by atoms with Crippen molar-refractivity contribution in [3.05, 3.63) is 94.8 Å². The van der Waals surface area contributed by atoms with Crippen LogP contribution >= 0.6 is 0 Å². The number of allylic oxidation sites excluding steroid dienone is 2. The molecule has 0 fully saturated rings. The van der Waals surface area contributed by atoms with Gasteiger partial charge in [0.15, 0.2) is 5.78 Å². The number of carbonyl (C=O) groups excluding carboxylic acids is 2. The fourth-order valence-electron chi connectivity index (χ4n) is 4.58. The van der Waals surface area contributed by atoms with E-state index < -0.39 is 0 Å². The van der Waals surface area contributed by atoms with Crippen LogP contribution < -0.4 is 4.90 Å². The number of rotatable bonds is 2. The van der Waals surface area contributed by atoms with Gasteiger partial charge in [0.25, 0.3) is 5.91 Å². The summed E-state index contributed by atoms with van der Waals surface area (Å²) in [5, 5.41) is 0. The molecule has 3 aromatic rings. The molecule has 150 valence electrons. The fourth-order valence-corrected chi connectivity index (χ4v) is 4.58. The first kappa shape index (κ1) is 18.6. The predicted octanol–water partition coefficient (Wildman–Crippen LogP) is 5.14. The molecule has 0 unspecified atom stereocenters. The molecular formula is C26H24N2O2. The van der Waals surface area contributed by atoms with Gasteiger partial charge in [-0.2, -0.15) is 0 Å². The molecule has 4 heteroatoms. The SMILES string of the molecule is Cc1cc(C(=O)N2Cc3cccn3Cc3ccccc32)ccc1C1=CC(=O)CCC1. The van der Waals surface area contributed by atoms with E-state index in [0.29, 0.717) is 18.5 Å². The van der Waals surface area contributed by atoms with Crippen molar-refractivity contribution >= 4 is 23.0 Å². The molecule has 1 aliphatic heterocycles. The zero-order valence-electron chi connectivity index (χ0n) is 17.1. The molecule has 2 heterocycles. The van der Waals surface area contributed by atoms with E-state index in [1.54, 1.807) is 6.08 Å². The summed E-state index contributed by atoms with van der Waals surface area (Å²) in [6.45, 7) is 3.33. The molecule has 1 amide bonds. The van der Waals surface area contributed by atoms with E-state index in [1.165, 1.54) is 0 Å². The Morgan fingerprint density at radius 2 is 1.83 bits per heavy atom. The lowest BCUT2D eigenvalue weighted by molar-refractivity contribution is -0.114. The summed E-state index contributed by atoms with van der Waals surface area (Å²) in [5.74, 6) is 0.195. The zero-order chi connectivity index (χ0) is 20.7. The van der Waals surface area contributed by atoms with Crippen LogP contribution in [0.25, 0.3) is 5.57 Å². The number of benzene rings is 2. The molecule has 0 spiro atoms. The first-order valence-electron chi connectivity index (χ1n) is 10.5. The van der Waals surface area contributed by atoms with Crippen molar-refractivity contribution in [3.8, 4) is 0 Å². The highest BCUT2D eigenvalue weighted by molar-refractivity contribution is 6.07. The number of hydrogen-bond donors (Lipinski definition) is 0. The highest BCUT2D eigenvalue weighted by Crippen LogP contribution is 2.31. The zero-order valence-corrected chi connectivity index (χ0v) is 17.1. The highest BCUT2D eigenvalue weighted by atomic mass is 16.2. The normalized spacial score (nSPS) is 15.8. The molecule has 5 rings (SSSR count). The Balaban J connectivity index is 1.51. The Morgan fingerprint density at radius 1 is 0.967 bits per heavy atom. The van der Waals surface area contributed by atoms with E-state index in [4.69, 9.17) is 0 Å².